The zero-order valence-corrected chi connectivity index (χ0v) is 24.2. The van der Waals surface area contributed by atoms with E-state index < -0.39 is 17.8 Å². The summed E-state index contributed by atoms with van der Waals surface area (Å²) in [4.78, 5) is 39.5. The number of carbonyl (C=O) groups excluding carboxylic acids is 3. The number of hydrogen-bond acceptors (Lipinski definition) is 7. The molecular weight excluding hydrogens is 571 g/mol. The van der Waals surface area contributed by atoms with Gasteiger partial charge in [0.05, 0.1) is 27.4 Å². The number of methoxy groups -OCH3 is 2. The van der Waals surface area contributed by atoms with Gasteiger partial charge in [0, 0.05) is 15.6 Å². The summed E-state index contributed by atoms with van der Waals surface area (Å²) in [5, 5.41) is 3.22. The van der Waals surface area contributed by atoms with Gasteiger partial charge in [0.25, 0.3) is 11.8 Å². The number of halogens is 2. The molecule has 1 heterocycles. The number of amides is 4. The van der Waals surface area contributed by atoms with Gasteiger partial charge < -0.3 is 18.9 Å². The van der Waals surface area contributed by atoms with Gasteiger partial charge in [0.2, 0.25) is 0 Å². The van der Waals surface area contributed by atoms with E-state index in [0.717, 1.165) is 16.9 Å². The van der Waals surface area contributed by atoms with E-state index >= 15 is 0 Å². The molecule has 3 aromatic carbocycles. The van der Waals surface area contributed by atoms with Crippen molar-refractivity contribution in [2.45, 2.75) is 26.5 Å². The summed E-state index contributed by atoms with van der Waals surface area (Å²) < 4.78 is 22.4. The molecule has 9 nitrogen and oxygen atoms in total. The van der Waals surface area contributed by atoms with Crippen molar-refractivity contribution in [1.82, 2.24) is 10.2 Å². The molecule has 41 heavy (non-hydrogen) atoms. The third-order valence-electron chi connectivity index (χ3n) is 6.11. The van der Waals surface area contributed by atoms with Crippen LogP contribution in [0.5, 0.6) is 23.0 Å². The van der Waals surface area contributed by atoms with E-state index in [2.05, 4.69) is 5.32 Å². The van der Waals surface area contributed by atoms with Crippen LogP contribution < -0.4 is 24.3 Å². The molecule has 214 valence electrons. The van der Waals surface area contributed by atoms with E-state index in [4.69, 9.17) is 42.1 Å². The lowest BCUT2D eigenvalue weighted by atomic mass is 10.1. The molecule has 1 aliphatic rings. The Bertz CT molecular complexity index is 1510. The van der Waals surface area contributed by atoms with Crippen LogP contribution in [0.25, 0.3) is 6.08 Å². The largest absolute Gasteiger partial charge is 0.493 e. The van der Waals surface area contributed by atoms with Crippen LogP contribution in [0.1, 0.15) is 30.0 Å². The highest BCUT2D eigenvalue weighted by Gasteiger charge is 2.36. The van der Waals surface area contributed by atoms with Crippen molar-refractivity contribution in [2.75, 3.05) is 20.8 Å². The van der Waals surface area contributed by atoms with Crippen molar-refractivity contribution in [3.05, 3.63) is 86.9 Å². The lowest BCUT2D eigenvalue weighted by Gasteiger charge is -2.26. The fourth-order valence-corrected chi connectivity index (χ4v) is 4.48. The normalized spacial score (nSPS) is 14.2. The quantitative estimate of drug-likeness (QED) is 0.212. The predicted octanol–water partition coefficient (Wildman–Crippen LogP) is 6.04. The van der Waals surface area contributed by atoms with E-state index in [1.54, 1.807) is 54.6 Å². The minimum Gasteiger partial charge on any atom is -0.493 e. The number of barbiturate groups is 1. The molecule has 3 aromatic rings. The van der Waals surface area contributed by atoms with Gasteiger partial charge in [0.1, 0.15) is 12.2 Å². The fraction of sp³-hybridized carbons (Fsp3) is 0.233. The minimum atomic E-state index is -0.815. The average molecular weight is 599 g/mol. The van der Waals surface area contributed by atoms with Gasteiger partial charge >= 0.3 is 6.03 Å². The van der Waals surface area contributed by atoms with Crippen molar-refractivity contribution in [3.8, 4) is 23.0 Å². The molecule has 0 spiro atoms. The number of benzene rings is 3. The first kappa shape index (κ1) is 29.8. The number of ether oxygens (including phenoxy) is 4. The van der Waals surface area contributed by atoms with Gasteiger partial charge in [-0.1, -0.05) is 48.3 Å². The van der Waals surface area contributed by atoms with Crippen LogP contribution in [0.15, 0.2) is 60.2 Å². The molecule has 0 aliphatic carbocycles. The Balaban J connectivity index is 1.53. The van der Waals surface area contributed by atoms with Crippen LogP contribution >= 0.6 is 23.2 Å². The molecule has 11 heteroatoms. The summed E-state index contributed by atoms with van der Waals surface area (Å²) >= 11 is 12.2. The lowest BCUT2D eigenvalue weighted by molar-refractivity contribution is -0.130. The fourth-order valence-electron chi connectivity index (χ4n) is 4.02. The number of carbonyl (C=O) groups is 3. The van der Waals surface area contributed by atoms with Crippen molar-refractivity contribution in [3.63, 3.8) is 0 Å². The predicted molar refractivity (Wildman–Crippen MR) is 155 cm³/mol. The van der Waals surface area contributed by atoms with Crippen LogP contribution in [-0.4, -0.2) is 43.6 Å². The number of rotatable bonds is 11. The zero-order valence-electron chi connectivity index (χ0n) is 22.7. The third kappa shape index (κ3) is 7.11. The van der Waals surface area contributed by atoms with Gasteiger partial charge in [-0.25, -0.2) is 4.79 Å². The summed E-state index contributed by atoms with van der Waals surface area (Å²) in [5.74, 6) is 0.298. The van der Waals surface area contributed by atoms with Gasteiger partial charge in [-0.3, -0.25) is 19.8 Å². The van der Waals surface area contributed by atoms with E-state index in [0.29, 0.717) is 50.8 Å². The second kappa shape index (κ2) is 13.4. The first-order valence-corrected chi connectivity index (χ1v) is 13.4. The third-order valence-corrected chi connectivity index (χ3v) is 6.70. The highest BCUT2D eigenvalue weighted by molar-refractivity contribution is 6.35. The molecule has 0 bridgehead atoms. The first-order valence-electron chi connectivity index (χ1n) is 12.7. The number of nitrogens with zero attached hydrogens (tertiary/aromatic N) is 1. The highest BCUT2D eigenvalue weighted by Crippen LogP contribution is 2.32. The van der Waals surface area contributed by atoms with Gasteiger partial charge in [0.15, 0.2) is 23.0 Å². The minimum absolute atomic E-state index is 0.0803. The van der Waals surface area contributed by atoms with Crippen molar-refractivity contribution < 1.29 is 33.3 Å². The van der Waals surface area contributed by atoms with Gasteiger partial charge in [-0.2, -0.15) is 0 Å². The molecule has 1 fully saturated rings. The van der Waals surface area contributed by atoms with E-state index in [-0.39, 0.29) is 18.7 Å². The van der Waals surface area contributed by atoms with Crippen LogP contribution in [0.4, 0.5) is 4.79 Å². The summed E-state index contributed by atoms with van der Waals surface area (Å²) in [6, 6.07) is 14.4. The van der Waals surface area contributed by atoms with Crippen molar-refractivity contribution in [1.29, 1.82) is 0 Å². The average Bonchev–Trinajstić information content (AvgIpc) is 2.96. The number of imide groups is 2. The number of nitrogens with one attached hydrogen (secondary N) is 1. The number of urea groups is 1. The summed E-state index contributed by atoms with van der Waals surface area (Å²) in [6.45, 7) is 2.60. The maximum Gasteiger partial charge on any atom is 0.331 e. The molecule has 0 saturated carbocycles. The number of hydrogen-bond donors (Lipinski definition) is 1. The SMILES string of the molecule is CCCOc1ccc(CN2C(=O)NC(=O)/C(=C\c3ccc(OCc4ccc(Cl)cc4Cl)c(OC)c3)C2=O)cc1OC. The van der Waals surface area contributed by atoms with Gasteiger partial charge in [-0.15, -0.1) is 0 Å². The Morgan fingerprint density at radius 3 is 2.27 bits per heavy atom. The molecule has 1 aliphatic heterocycles. The molecule has 0 atom stereocenters. The molecule has 4 amide bonds. The zero-order chi connectivity index (χ0) is 29.5. The second-order valence-corrected chi connectivity index (χ2v) is 9.82. The summed E-state index contributed by atoms with van der Waals surface area (Å²) in [6.07, 6.45) is 2.22. The first-order chi connectivity index (χ1) is 19.7. The topological polar surface area (TPSA) is 103 Å². The summed E-state index contributed by atoms with van der Waals surface area (Å²) in [5.41, 5.74) is 1.64. The Morgan fingerprint density at radius 2 is 1.56 bits per heavy atom. The molecular formula is C30H28Cl2N2O7. The molecule has 1 N–H and O–H groups in total. The van der Waals surface area contributed by atoms with Crippen molar-refractivity contribution >= 4 is 47.1 Å². The smallest absolute Gasteiger partial charge is 0.331 e. The monoisotopic (exact) mass is 598 g/mol. The molecule has 0 aromatic heterocycles. The van der Waals surface area contributed by atoms with Crippen molar-refractivity contribution in [2.24, 2.45) is 0 Å². The Labute approximate surface area is 247 Å². The Morgan fingerprint density at radius 1 is 0.854 bits per heavy atom. The highest BCUT2D eigenvalue weighted by atomic mass is 35.5. The maximum absolute atomic E-state index is 13.3. The summed E-state index contributed by atoms with van der Waals surface area (Å²) in [7, 11) is 2.98. The molecule has 4 rings (SSSR count). The van der Waals surface area contributed by atoms with E-state index in [9.17, 15) is 14.4 Å². The van der Waals surface area contributed by atoms with Crippen LogP contribution in [0, 0.1) is 0 Å². The standard InChI is InChI=1S/C30H28Cl2N2O7/c1-4-11-40-24-10-6-19(14-27(24)39-3)16-34-29(36)22(28(35)33-30(34)37)12-18-5-9-25(26(13-18)38-2)41-17-20-7-8-21(31)15-23(20)32/h5-10,12-15H,4,11,16-17H2,1-3H3,(H,33,35,37)/b22-12+. The molecule has 0 unspecified atom stereocenters. The lowest BCUT2D eigenvalue weighted by Crippen LogP contribution is -2.53. The van der Waals surface area contributed by atoms with Crippen LogP contribution in [-0.2, 0) is 22.7 Å². The van der Waals surface area contributed by atoms with E-state index in [1.165, 1.54) is 20.3 Å². The molecule has 1 saturated heterocycles. The molecule has 0 radical (unpaired) electrons. The maximum atomic E-state index is 13.3. The Hall–Kier alpha value is -4.21. The Kier molecular flexibility index (Phi) is 9.75. The van der Waals surface area contributed by atoms with Gasteiger partial charge in [-0.05, 0) is 60.0 Å². The van der Waals surface area contributed by atoms with E-state index in [1.807, 2.05) is 6.92 Å². The van der Waals surface area contributed by atoms with Crippen LogP contribution in [0.2, 0.25) is 10.0 Å². The van der Waals surface area contributed by atoms with Crippen LogP contribution in [0.3, 0.4) is 0 Å². The second-order valence-electron chi connectivity index (χ2n) is 8.98.